The lowest BCUT2D eigenvalue weighted by Crippen LogP contribution is -1.59. The number of nitrogens with zero attached hydrogens (tertiary/aromatic N) is 1. The van der Waals surface area contributed by atoms with Crippen molar-refractivity contribution in [1.29, 1.82) is 0 Å². The van der Waals surface area contributed by atoms with Crippen molar-refractivity contribution in [3.63, 3.8) is 0 Å². The lowest BCUT2D eigenvalue weighted by atomic mass is 10.4. The van der Waals surface area contributed by atoms with Gasteiger partial charge in [0.25, 0.3) is 0 Å². The molecule has 0 saturated carbocycles. The molecule has 0 aliphatic carbocycles. The smallest absolute Gasteiger partial charge is 0.239 e. The Bertz CT molecular complexity index is 306. The van der Waals surface area contributed by atoms with Crippen LogP contribution in [0.1, 0.15) is 11.5 Å². The van der Waals surface area contributed by atoms with Gasteiger partial charge < -0.3 is 4.42 Å². The Morgan fingerprint density at radius 3 is 3.00 bits per heavy atom. The van der Waals surface area contributed by atoms with E-state index in [0.717, 1.165) is 5.76 Å². The molecule has 0 atom stereocenters. The maximum Gasteiger partial charge on any atom is 0.239 e. The lowest BCUT2D eigenvalue weighted by molar-refractivity contribution is 0.525. The van der Waals surface area contributed by atoms with Gasteiger partial charge in [-0.05, 0) is 25.1 Å². The average molecular weight is 149 g/mol. The van der Waals surface area contributed by atoms with E-state index in [-0.39, 0.29) is 0 Å². The number of hydrogen-bond donors (Lipinski definition) is 0. The van der Waals surface area contributed by atoms with Gasteiger partial charge in [0, 0.05) is 6.20 Å². The molecular formula is C8H7NO2. The normalized spacial score (nSPS) is 9.91. The predicted octanol–water partition coefficient (Wildman–Crippen LogP) is 1.89. The Labute approximate surface area is 64.1 Å². The van der Waals surface area contributed by atoms with Gasteiger partial charge in [-0.3, -0.25) is 0 Å². The highest BCUT2D eigenvalue weighted by Crippen LogP contribution is 2.07. The van der Waals surface area contributed by atoms with Crippen LogP contribution >= 0.6 is 0 Å². The van der Waals surface area contributed by atoms with Crippen LogP contribution in [0.25, 0.3) is 6.08 Å². The third kappa shape index (κ3) is 2.24. The predicted molar refractivity (Wildman–Crippen MR) is 40.6 cm³/mol. The van der Waals surface area contributed by atoms with Crippen LogP contribution in [0.3, 0.4) is 0 Å². The molecule has 0 saturated heterocycles. The lowest BCUT2D eigenvalue weighted by Gasteiger charge is -1.80. The quantitative estimate of drug-likeness (QED) is 0.476. The molecule has 1 aromatic rings. The number of isocyanates is 1. The van der Waals surface area contributed by atoms with Crippen LogP contribution in [-0.2, 0) is 4.79 Å². The number of hydrogen-bond acceptors (Lipinski definition) is 3. The molecule has 0 aromatic carbocycles. The fraction of sp³-hybridized carbons (Fsp3) is 0.125. The van der Waals surface area contributed by atoms with Gasteiger partial charge in [-0.1, -0.05) is 0 Å². The van der Waals surface area contributed by atoms with E-state index in [2.05, 4.69) is 4.99 Å². The molecule has 0 radical (unpaired) electrons. The van der Waals surface area contributed by atoms with Crippen LogP contribution in [0, 0.1) is 6.92 Å². The van der Waals surface area contributed by atoms with Crippen molar-refractivity contribution in [1.82, 2.24) is 0 Å². The van der Waals surface area contributed by atoms with E-state index in [0.29, 0.717) is 5.76 Å². The van der Waals surface area contributed by atoms with Gasteiger partial charge in [-0.15, -0.1) is 0 Å². The number of rotatable bonds is 2. The van der Waals surface area contributed by atoms with Crippen LogP contribution in [0.4, 0.5) is 0 Å². The monoisotopic (exact) mass is 149 g/mol. The maximum atomic E-state index is 9.63. The van der Waals surface area contributed by atoms with E-state index in [1.165, 1.54) is 12.3 Å². The van der Waals surface area contributed by atoms with Gasteiger partial charge in [-0.25, -0.2) is 4.79 Å². The minimum Gasteiger partial charge on any atom is -0.462 e. The average Bonchev–Trinajstić information content (AvgIpc) is 2.37. The van der Waals surface area contributed by atoms with Crippen LogP contribution in [-0.4, -0.2) is 6.08 Å². The van der Waals surface area contributed by atoms with Gasteiger partial charge in [0.1, 0.15) is 11.5 Å². The maximum absolute atomic E-state index is 9.63. The minimum absolute atomic E-state index is 0.682. The number of furan rings is 1. The van der Waals surface area contributed by atoms with Gasteiger partial charge >= 0.3 is 0 Å². The second kappa shape index (κ2) is 3.54. The highest BCUT2D eigenvalue weighted by atomic mass is 16.3. The molecular weight excluding hydrogens is 142 g/mol. The summed E-state index contributed by atoms with van der Waals surface area (Å²) in [6, 6.07) is 3.64. The van der Waals surface area contributed by atoms with E-state index in [4.69, 9.17) is 4.42 Å². The first kappa shape index (κ1) is 7.51. The Balaban J connectivity index is 2.71. The largest absolute Gasteiger partial charge is 0.462 e. The van der Waals surface area contributed by atoms with Crippen LogP contribution in [0.2, 0.25) is 0 Å². The summed E-state index contributed by atoms with van der Waals surface area (Å²) in [5.41, 5.74) is 0. The fourth-order valence-electron chi connectivity index (χ4n) is 0.684. The Morgan fingerprint density at radius 2 is 2.45 bits per heavy atom. The molecule has 0 N–H and O–H groups in total. The number of aryl methyl sites for hydroxylation is 1. The van der Waals surface area contributed by atoms with E-state index >= 15 is 0 Å². The van der Waals surface area contributed by atoms with Crippen molar-refractivity contribution in [3.8, 4) is 0 Å². The Kier molecular flexibility index (Phi) is 2.42. The molecule has 3 nitrogen and oxygen atoms in total. The first-order valence-electron chi connectivity index (χ1n) is 3.13. The first-order chi connectivity index (χ1) is 5.33. The third-order valence-corrected chi connectivity index (χ3v) is 1.13. The van der Waals surface area contributed by atoms with Crippen molar-refractivity contribution in [2.75, 3.05) is 0 Å². The molecule has 0 spiro atoms. The molecule has 11 heavy (non-hydrogen) atoms. The van der Waals surface area contributed by atoms with E-state index < -0.39 is 0 Å². The highest BCUT2D eigenvalue weighted by molar-refractivity contribution is 5.45. The zero-order valence-electron chi connectivity index (χ0n) is 6.07. The summed E-state index contributed by atoms with van der Waals surface area (Å²) in [5, 5.41) is 0. The van der Waals surface area contributed by atoms with Crippen LogP contribution < -0.4 is 0 Å². The molecule has 1 heterocycles. The van der Waals surface area contributed by atoms with Crippen molar-refractivity contribution in [2.24, 2.45) is 4.99 Å². The molecule has 0 unspecified atom stereocenters. The molecule has 0 aliphatic rings. The second-order valence-corrected chi connectivity index (χ2v) is 1.98. The van der Waals surface area contributed by atoms with Crippen LogP contribution in [0.15, 0.2) is 27.7 Å². The molecule has 1 rings (SSSR count). The zero-order valence-corrected chi connectivity index (χ0v) is 6.07. The molecule has 1 aromatic heterocycles. The molecule has 0 aliphatic heterocycles. The fourth-order valence-corrected chi connectivity index (χ4v) is 0.684. The number of aliphatic imine (C=N–C) groups is 1. The van der Waals surface area contributed by atoms with E-state index in [9.17, 15) is 4.79 Å². The number of carbonyl (C=O) groups excluding carboxylic acids is 1. The molecule has 0 amide bonds. The van der Waals surface area contributed by atoms with Crippen molar-refractivity contribution in [3.05, 3.63) is 29.9 Å². The highest BCUT2D eigenvalue weighted by Gasteiger charge is 1.90. The van der Waals surface area contributed by atoms with Crippen molar-refractivity contribution in [2.45, 2.75) is 6.92 Å². The summed E-state index contributed by atoms with van der Waals surface area (Å²) in [4.78, 5) is 12.9. The molecule has 3 heteroatoms. The van der Waals surface area contributed by atoms with Crippen LogP contribution in [0.5, 0.6) is 0 Å². The standard InChI is InChI=1S/C8H7NO2/c1-7-2-3-8(11-7)4-5-9-6-10/h2-5H,1H3/b5-4-. The molecule has 0 bridgehead atoms. The van der Waals surface area contributed by atoms with Gasteiger partial charge in [0.2, 0.25) is 6.08 Å². The molecule has 56 valence electrons. The van der Waals surface area contributed by atoms with Gasteiger partial charge in [0.05, 0.1) is 0 Å². The first-order valence-corrected chi connectivity index (χ1v) is 3.13. The van der Waals surface area contributed by atoms with E-state index in [1.54, 1.807) is 12.1 Å². The zero-order chi connectivity index (χ0) is 8.10. The summed E-state index contributed by atoms with van der Waals surface area (Å²) in [7, 11) is 0. The summed E-state index contributed by atoms with van der Waals surface area (Å²) in [5.74, 6) is 1.52. The topological polar surface area (TPSA) is 42.6 Å². The van der Waals surface area contributed by atoms with Crippen molar-refractivity contribution < 1.29 is 9.21 Å². The Morgan fingerprint density at radius 1 is 1.64 bits per heavy atom. The van der Waals surface area contributed by atoms with Gasteiger partial charge in [-0.2, -0.15) is 4.99 Å². The Hall–Kier alpha value is -1.60. The van der Waals surface area contributed by atoms with Gasteiger partial charge in [0.15, 0.2) is 0 Å². The minimum atomic E-state index is 0.682. The summed E-state index contributed by atoms with van der Waals surface area (Å²) >= 11 is 0. The second-order valence-electron chi connectivity index (χ2n) is 1.98. The van der Waals surface area contributed by atoms with E-state index in [1.807, 2.05) is 13.0 Å². The molecule has 0 fully saturated rings. The summed E-state index contributed by atoms with van der Waals surface area (Å²) in [6.07, 6.45) is 4.32. The summed E-state index contributed by atoms with van der Waals surface area (Å²) in [6.45, 7) is 1.85. The van der Waals surface area contributed by atoms with Crippen molar-refractivity contribution >= 4 is 12.2 Å². The SMILES string of the molecule is Cc1ccc(/C=C\N=C=O)o1. The third-order valence-electron chi connectivity index (χ3n) is 1.13. The summed E-state index contributed by atoms with van der Waals surface area (Å²) < 4.78 is 5.15.